The second kappa shape index (κ2) is 5.78. The van der Waals surface area contributed by atoms with Crippen molar-refractivity contribution in [3.05, 3.63) is 28.8 Å². The van der Waals surface area contributed by atoms with Crippen molar-refractivity contribution in [2.24, 2.45) is 0 Å². The Morgan fingerprint density at radius 1 is 1.17 bits per heavy atom. The number of benzene rings is 1. The highest BCUT2D eigenvalue weighted by molar-refractivity contribution is 7.89. The zero-order valence-electron chi connectivity index (χ0n) is 9.90. The molecule has 1 aromatic carbocycles. The minimum Gasteiger partial charge on any atom is -0.207 e. The number of alkyl halides is 1. The molecule has 0 atom stereocenters. The molecule has 18 heavy (non-hydrogen) atoms. The molecule has 1 fully saturated rings. The molecule has 0 N–H and O–H groups in total. The minimum atomic E-state index is -3.40. The third kappa shape index (κ3) is 2.82. The zero-order chi connectivity index (χ0) is 13.2. The van der Waals surface area contributed by atoms with E-state index >= 15 is 0 Å². The molecule has 1 aliphatic heterocycles. The van der Waals surface area contributed by atoms with Gasteiger partial charge < -0.3 is 0 Å². The van der Waals surface area contributed by atoms with Gasteiger partial charge in [-0.1, -0.05) is 18.0 Å². The summed E-state index contributed by atoms with van der Waals surface area (Å²) in [5, 5.41) is 0.502. The molecular formula is C12H15Cl2NO2S. The first kappa shape index (κ1) is 14.1. The van der Waals surface area contributed by atoms with Crippen LogP contribution in [0, 0.1) is 0 Å². The van der Waals surface area contributed by atoms with E-state index in [1.807, 2.05) is 0 Å². The van der Waals surface area contributed by atoms with E-state index in [4.69, 9.17) is 23.2 Å². The first-order valence-electron chi connectivity index (χ1n) is 5.90. The van der Waals surface area contributed by atoms with Crippen molar-refractivity contribution in [1.29, 1.82) is 0 Å². The first-order valence-corrected chi connectivity index (χ1v) is 8.25. The van der Waals surface area contributed by atoms with Gasteiger partial charge in [-0.05, 0) is 36.6 Å². The van der Waals surface area contributed by atoms with Gasteiger partial charge in [-0.2, -0.15) is 4.31 Å². The van der Waals surface area contributed by atoms with Gasteiger partial charge in [-0.15, -0.1) is 11.6 Å². The van der Waals surface area contributed by atoms with E-state index in [0.717, 1.165) is 19.3 Å². The summed E-state index contributed by atoms with van der Waals surface area (Å²) in [6, 6.07) is 4.71. The summed E-state index contributed by atoms with van der Waals surface area (Å²) < 4.78 is 26.4. The van der Waals surface area contributed by atoms with Crippen molar-refractivity contribution in [2.75, 3.05) is 13.1 Å². The molecule has 1 saturated heterocycles. The molecule has 1 aromatic rings. The number of sulfonamides is 1. The highest BCUT2D eigenvalue weighted by Gasteiger charge is 2.26. The number of hydrogen-bond donors (Lipinski definition) is 0. The highest BCUT2D eigenvalue weighted by atomic mass is 35.5. The molecular weight excluding hydrogens is 293 g/mol. The summed E-state index contributed by atoms with van der Waals surface area (Å²) in [6.45, 7) is 1.20. The minimum absolute atomic E-state index is 0.211. The molecule has 0 amide bonds. The lowest BCUT2D eigenvalue weighted by Gasteiger charge is -2.26. The Morgan fingerprint density at radius 2 is 1.83 bits per heavy atom. The summed E-state index contributed by atoms with van der Waals surface area (Å²) in [4.78, 5) is 0.282. The van der Waals surface area contributed by atoms with Crippen LogP contribution in [0.3, 0.4) is 0 Å². The van der Waals surface area contributed by atoms with Crippen molar-refractivity contribution >= 4 is 33.2 Å². The standard InChI is InChI=1S/C12H15Cl2NO2S/c13-9-10-8-11(4-5-12(10)14)18(16,17)15-6-2-1-3-7-15/h4-5,8H,1-3,6-7,9H2. The van der Waals surface area contributed by atoms with Gasteiger partial charge in [0.15, 0.2) is 0 Å². The van der Waals surface area contributed by atoms with Crippen LogP contribution in [-0.4, -0.2) is 25.8 Å². The lowest BCUT2D eigenvalue weighted by Crippen LogP contribution is -2.35. The molecule has 0 aromatic heterocycles. The van der Waals surface area contributed by atoms with E-state index in [9.17, 15) is 8.42 Å². The smallest absolute Gasteiger partial charge is 0.207 e. The molecule has 2 rings (SSSR count). The topological polar surface area (TPSA) is 37.4 Å². The summed E-state index contributed by atoms with van der Waals surface area (Å²) >= 11 is 11.7. The molecule has 1 heterocycles. The number of halogens is 2. The summed E-state index contributed by atoms with van der Waals surface area (Å²) in [5.74, 6) is 0.211. The van der Waals surface area contributed by atoms with Gasteiger partial charge in [0.25, 0.3) is 0 Å². The van der Waals surface area contributed by atoms with Crippen LogP contribution in [0.25, 0.3) is 0 Å². The van der Waals surface area contributed by atoms with Gasteiger partial charge in [-0.3, -0.25) is 0 Å². The van der Waals surface area contributed by atoms with Crippen LogP contribution < -0.4 is 0 Å². The summed E-state index contributed by atoms with van der Waals surface area (Å²) in [6.07, 6.45) is 2.95. The van der Waals surface area contributed by atoms with E-state index in [1.54, 1.807) is 18.2 Å². The van der Waals surface area contributed by atoms with Crippen molar-refractivity contribution in [3.8, 4) is 0 Å². The van der Waals surface area contributed by atoms with Crippen molar-refractivity contribution < 1.29 is 8.42 Å². The second-order valence-electron chi connectivity index (χ2n) is 4.35. The predicted molar refractivity (Wildman–Crippen MR) is 73.6 cm³/mol. The third-order valence-corrected chi connectivity index (χ3v) is 5.67. The monoisotopic (exact) mass is 307 g/mol. The lowest BCUT2D eigenvalue weighted by atomic mass is 10.2. The van der Waals surface area contributed by atoms with E-state index in [1.165, 1.54) is 4.31 Å². The summed E-state index contributed by atoms with van der Waals surface area (Å²) in [7, 11) is -3.40. The largest absolute Gasteiger partial charge is 0.243 e. The molecule has 1 aliphatic rings. The Kier molecular flexibility index (Phi) is 4.54. The van der Waals surface area contributed by atoms with E-state index in [0.29, 0.717) is 23.7 Å². The average molecular weight is 308 g/mol. The van der Waals surface area contributed by atoms with Gasteiger partial charge >= 0.3 is 0 Å². The summed E-state index contributed by atoms with van der Waals surface area (Å²) in [5.41, 5.74) is 0.649. The highest BCUT2D eigenvalue weighted by Crippen LogP contribution is 2.25. The average Bonchev–Trinajstić information content (AvgIpc) is 2.40. The normalized spacial score (nSPS) is 17.9. The fraction of sp³-hybridized carbons (Fsp3) is 0.500. The molecule has 0 aliphatic carbocycles. The maximum Gasteiger partial charge on any atom is 0.243 e. The fourth-order valence-corrected chi connectivity index (χ4v) is 4.11. The molecule has 0 spiro atoms. The molecule has 6 heteroatoms. The Balaban J connectivity index is 2.34. The van der Waals surface area contributed by atoms with Crippen LogP contribution in [0.4, 0.5) is 0 Å². The molecule has 3 nitrogen and oxygen atoms in total. The van der Waals surface area contributed by atoms with Crippen LogP contribution in [0.5, 0.6) is 0 Å². The van der Waals surface area contributed by atoms with Gasteiger partial charge in [0.1, 0.15) is 0 Å². The van der Waals surface area contributed by atoms with Crippen LogP contribution in [0.15, 0.2) is 23.1 Å². The van der Waals surface area contributed by atoms with Crippen molar-refractivity contribution in [3.63, 3.8) is 0 Å². The van der Waals surface area contributed by atoms with Crippen LogP contribution in [0.2, 0.25) is 5.02 Å². The maximum absolute atomic E-state index is 12.4. The Hall–Kier alpha value is -0.290. The maximum atomic E-state index is 12.4. The first-order chi connectivity index (χ1) is 8.55. The number of nitrogens with zero attached hydrogens (tertiary/aromatic N) is 1. The van der Waals surface area contributed by atoms with Gasteiger partial charge in [-0.25, -0.2) is 8.42 Å². The second-order valence-corrected chi connectivity index (χ2v) is 6.96. The Bertz CT molecular complexity index is 525. The zero-order valence-corrected chi connectivity index (χ0v) is 12.2. The lowest BCUT2D eigenvalue weighted by molar-refractivity contribution is 0.346. The number of rotatable bonds is 3. The Morgan fingerprint density at radius 3 is 2.44 bits per heavy atom. The van der Waals surface area contributed by atoms with Gasteiger partial charge in [0, 0.05) is 24.0 Å². The number of hydrogen-bond acceptors (Lipinski definition) is 2. The van der Waals surface area contributed by atoms with E-state index in [2.05, 4.69) is 0 Å². The van der Waals surface area contributed by atoms with Crippen LogP contribution in [0.1, 0.15) is 24.8 Å². The van der Waals surface area contributed by atoms with Gasteiger partial charge in [0.05, 0.1) is 4.90 Å². The van der Waals surface area contributed by atoms with E-state index < -0.39 is 10.0 Å². The Labute approximate surface area is 118 Å². The van der Waals surface area contributed by atoms with E-state index in [-0.39, 0.29) is 10.8 Å². The number of piperidine rings is 1. The third-order valence-electron chi connectivity index (χ3n) is 3.11. The fourth-order valence-electron chi connectivity index (χ4n) is 2.07. The van der Waals surface area contributed by atoms with Crippen molar-refractivity contribution in [1.82, 2.24) is 4.31 Å². The molecule has 0 radical (unpaired) electrons. The van der Waals surface area contributed by atoms with Crippen LogP contribution in [-0.2, 0) is 15.9 Å². The van der Waals surface area contributed by atoms with Crippen LogP contribution >= 0.6 is 23.2 Å². The SMILES string of the molecule is O=S(=O)(c1ccc(Cl)c(CCl)c1)N1CCCCC1. The van der Waals surface area contributed by atoms with Gasteiger partial charge in [0.2, 0.25) is 10.0 Å². The quantitative estimate of drug-likeness (QED) is 0.804. The molecule has 0 unspecified atom stereocenters. The predicted octanol–water partition coefficient (Wildman–Crippen LogP) is 3.25. The van der Waals surface area contributed by atoms with Crippen molar-refractivity contribution in [2.45, 2.75) is 30.0 Å². The molecule has 0 bridgehead atoms. The molecule has 0 saturated carbocycles. The molecule has 100 valence electrons.